The van der Waals surface area contributed by atoms with Crippen molar-refractivity contribution in [2.75, 3.05) is 51.3 Å². The standard InChI is InChI=1S/C16H24N2O3/c1-4-20-16(19)12-21-15-11-13(2)5-6-14(15)18-9-7-17(3)8-10-18/h5-6,11H,4,7-10,12H2,1-3H3. The molecule has 1 aromatic rings. The Morgan fingerprint density at radius 1 is 1.24 bits per heavy atom. The number of nitrogens with zero attached hydrogens (tertiary/aromatic N) is 2. The van der Waals surface area contributed by atoms with Gasteiger partial charge in [-0.1, -0.05) is 6.07 Å². The normalized spacial score (nSPS) is 15.9. The predicted molar refractivity (Wildman–Crippen MR) is 83.0 cm³/mol. The van der Waals surface area contributed by atoms with Crippen LogP contribution in [0, 0.1) is 6.92 Å². The molecular weight excluding hydrogens is 268 g/mol. The van der Waals surface area contributed by atoms with E-state index in [9.17, 15) is 4.79 Å². The van der Waals surface area contributed by atoms with Crippen LogP contribution in [0.2, 0.25) is 0 Å². The molecule has 0 radical (unpaired) electrons. The lowest BCUT2D eigenvalue weighted by Gasteiger charge is -2.34. The molecular formula is C16H24N2O3. The molecule has 116 valence electrons. The Balaban J connectivity index is 2.08. The average Bonchev–Trinajstić information content (AvgIpc) is 2.47. The van der Waals surface area contributed by atoms with Gasteiger partial charge in [0.25, 0.3) is 0 Å². The predicted octanol–water partition coefficient (Wildman–Crippen LogP) is 1.69. The highest BCUT2D eigenvalue weighted by atomic mass is 16.6. The first kappa shape index (κ1) is 15.6. The number of aryl methyl sites for hydroxylation is 1. The van der Waals surface area contributed by atoms with Crippen LogP contribution < -0.4 is 9.64 Å². The summed E-state index contributed by atoms with van der Waals surface area (Å²) in [6, 6.07) is 6.12. The Morgan fingerprint density at radius 3 is 2.62 bits per heavy atom. The average molecular weight is 292 g/mol. The first-order valence-corrected chi connectivity index (χ1v) is 7.42. The van der Waals surface area contributed by atoms with Crippen LogP contribution in [0.4, 0.5) is 5.69 Å². The van der Waals surface area contributed by atoms with Gasteiger partial charge in [0.2, 0.25) is 0 Å². The van der Waals surface area contributed by atoms with Gasteiger partial charge in [0.05, 0.1) is 12.3 Å². The number of benzene rings is 1. The van der Waals surface area contributed by atoms with Crippen molar-refractivity contribution in [2.24, 2.45) is 0 Å². The molecule has 0 amide bonds. The number of esters is 1. The van der Waals surface area contributed by atoms with Gasteiger partial charge in [-0.2, -0.15) is 0 Å². The second-order valence-corrected chi connectivity index (χ2v) is 5.36. The fourth-order valence-corrected chi connectivity index (χ4v) is 2.38. The van der Waals surface area contributed by atoms with Gasteiger partial charge < -0.3 is 19.3 Å². The van der Waals surface area contributed by atoms with Crippen molar-refractivity contribution in [1.82, 2.24) is 4.90 Å². The molecule has 5 heteroatoms. The summed E-state index contributed by atoms with van der Waals surface area (Å²) in [6.07, 6.45) is 0. The second-order valence-electron chi connectivity index (χ2n) is 5.36. The van der Waals surface area contributed by atoms with Crippen LogP contribution in [-0.2, 0) is 9.53 Å². The maximum absolute atomic E-state index is 11.5. The van der Waals surface area contributed by atoms with Gasteiger partial charge in [-0.25, -0.2) is 4.79 Å². The molecule has 0 aromatic heterocycles. The zero-order valence-corrected chi connectivity index (χ0v) is 13.1. The van der Waals surface area contributed by atoms with E-state index >= 15 is 0 Å². The van der Waals surface area contributed by atoms with Crippen LogP contribution in [-0.4, -0.2) is 57.3 Å². The van der Waals surface area contributed by atoms with E-state index in [-0.39, 0.29) is 12.6 Å². The van der Waals surface area contributed by atoms with Gasteiger partial charge in [0, 0.05) is 26.2 Å². The number of likely N-dealkylation sites (N-methyl/N-ethyl adjacent to an activating group) is 1. The van der Waals surface area contributed by atoms with Crippen molar-refractivity contribution >= 4 is 11.7 Å². The largest absolute Gasteiger partial charge is 0.480 e. The van der Waals surface area contributed by atoms with Crippen molar-refractivity contribution in [1.29, 1.82) is 0 Å². The van der Waals surface area contributed by atoms with E-state index in [2.05, 4.69) is 29.0 Å². The zero-order chi connectivity index (χ0) is 15.2. The summed E-state index contributed by atoms with van der Waals surface area (Å²) in [7, 11) is 2.13. The molecule has 0 bridgehead atoms. The van der Waals surface area contributed by atoms with E-state index in [1.165, 1.54) is 0 Å². The lowest BCUT2D eigenvalue weighted by atomic mass is 10.1. The topological polar surface area (TPSA) is 42.0 Å². The molecule has 1 saturated heterocycles. The van der Waals surface area contributed by atoms with Gasteiger partial charge in [0.15, 0.2) is 6.61 Å². The minimum Gasteiger partial charge on any atom is -0.480 e. The third-order valence-electron chi connectivity index (χ3n) is 3.61. The summed E-state index contributed by atoms with van der Waals surface area (Å²) < 4.78 is 10.6. The Kier molecular flexibility index (Phi) is 5.44. The lowest BCUT2D eigenvalue weighted by Crippen LogP contribution is -2.44. The van der Waals surface area contributed by atoms with Crippen molar-refractivity contribution in [2.45, 2.75) is 13.8 Å². The first-order valence-electron chi connectivity index (χ1n) is 7.42. The van der Waals surface area contributed by atoms with Crippen molar-refractivity contribution in [3.05, 3.63) is 23.8 Å². The van der Waals surface area contributed by atoms with Gasteiger partial charge in [-0.15, -0.1) is 0 Å². The number of rotatable bonds is 5. The van der Waals surface area contributed by atoms with E-state index in [0.717, 1.165) is 43.2 Å². The molecule has 0 atom stereocenters. The Labute approximate surface area is 126 Å². The van der Waals surface area contributed by atoms with Crippen LogP contribution in [0.5, 0.6) is 5.75 Å². The number of anilines is 1. The molecule has 0 saturated carbocycles. The molecule has 1 aliphatic rings. The quantitative estimate of drug-likeness (QED) is 0.773. The summed E-state index contributed by atoms with van der Waals surface area (Å²) >= 11 is 0. The summed E-state index contributed by atoms with van der Waals surface area (Å²) in [4.78, 5) is 16.1. The SMILES string of the molecule is CCOC(=O)COc1cc(C)ccc1N1CCN(C)CC1. The minimum atomic E-state index is -0.330. The number of piperazine rings is 1. The summed E-state index contributed by atoms with van der Waals surface area (Å²) in [5.74, 6) is 0.427. The Morgan fingerprint density at radius 2 is 1.95 bits per heavy atom. The molecule has 0 aliphatic carbocycles. The van der Waals surface area contributed by atoms with E-state index in [4.69, 9.17) is 9.47 Å². The van der Waals surface area contributed by atoms with Crippen LogP contribution >= 0.6 is 0 Å². The number of ether oxygens (including phenoxy) is 2. The van der Waals surface area contributed by atoms with E-state index in [0.29, 0.717) is 6.61 Å². The number of hydrogen-bond donors (Lipinski definition) is 0. The third kappa shape index (κ3) is 4.36. The maximum Gasteiger partial charge on any atom is 0.344 e. The molecule has 0 N–H and O–H groups in total. The van der Waals surface area contributed by atoms with Crippen molar-refractivity contribution in [3.63, 3.8) is 0 Å². The lowest BCUT2D eigenvalue weighted by molar-refractivity contribution is -0.145. The van der Waals surface area contributed by atoms with Gasteiger partial charge in [-0.05, 0) is 38.6 Å². The second kappa shape index (κ2) is 7.31. The zero-order valence-electron chi connectivity index (χ0n) is 13.1. The van der Waals surface area contributed by atoms with Crippen LogP contribution in [0.3, 0.4) is 0 Å². The molecule has 0 unspecified atom stereocenters. The fraction of sp³-hybridized carbons (Fsp3) is 0.562. The van der Waals surface area contributed by atoms with E-state index in [1.54, 1.807) is 6.92 Å². The number of carbonyl (C=O) groups is 1. The van der Waals surface area contributed by atoms with E-state index in [1.807, 2.05) is 13.0 Å². The van der Waals surface area contributed by atoms with Crippen LogP contribution in [0.1, 0.15) is 12.5 Å². The molecule has 1 aromatic carbocycles. The Bertz CT molecular complexity index is 482. The molecule has 5 nitrogen and oxygen atoms in total. The van der Waals surface area contributed by atoms with Crippen LogP contribution in [0.25, 0.3) is 0 Å². The molecule has 21 heavy (non-hydrogen) atoms. The summed E-state index contributed by atoms with van der Waals surface area (Å²) in [5.41, 5.74) is 2.17. The highest BCUT2D eigenvalue weighted by Gasteiger charge is 2.18. The van der Waals surface area contributed by atoms with Gasteiger partial charge in [-0.3, -0.25) is 0 Å². The molecule has 1 fully saturated rings. The number of hydrogen-bond acceptors (Lipinski definition) is 5. The number of carbonyl (C=O) groups excluding carboxylic acids is 1. The first-order chi connectivity index (χ1) is 10.1. The van der Waals surface area contributed by atoms with Gasteiger partial charge in [0.1, 0.15) is 5.75 Å². The highest BCUT2D eigenvalue weighted by molar-refractivity contribution is 5.71. The van der Waals surface area contributed by atoms with Gasteiger partial charge >= 0.3 is 5.97 Å². The summed E-state index contributed by atoms with van der Waals surface area (Å²) in [6.45, 7) is 8.14. The molecule has 1 heterocycles. The Hall–Kier alpha value is -1.75. The monoisotopic (exact) mass is 292 g/mol. The fourth-order valence-electron chi connectivity index (χ4n) is 2.38. The van der Waals surface area contributed by atoms with Crippen LogP contribution in [0.15, 0.2) is 18.2 Å². The third-order valence-corrected chi connectivity index (χ3v) is 3.61. The van der Waals surface area contributed by atoms with Crippen molar-refractivity contribution < 1.29 is 14.3 Å². The highest BCUT2D eigenvalue weighted by Crippen LogP contribution is 2.30. The van der Waals surface area contributed by atoms with Crippen molar-refractivity contribution in [3.8, 4) is 5.75 Å². The minimum absolute atomic E-state index is 0.0436. The molecule has 0 spiro atoms. The maximum atomic E-state index is 11.5. The molecule has 2 rings (SSSR count). The van der Waals surface area contributed by atoms with E-state index < -0.39 is 0 Å². The smallest absolute Gasteiger partial charge is 0.344 e. The summed E-state index contributed by atoms with van der Waals surface area (Å²) in [5, 5.41) is 0. The molecule has 1 aliphatic heterocycles.